The molecule has 4 aliphatic rings. The first-order valence-corrected chi connectivity index (χ1v) is 15.0. The zero-order chi connectivity index (χ0) is 24.0. The number of carbonyl (C=O) groups is 1. The first kappa shape index (κ1) is 25.8. The summed E-state index contributed by atoms with van der Waals surface area (Å²) in [5.74, 6) is 5.14. The molecule has 2 nitrogen and oxygen atoms in total. The van der Waals surface area contributed by atoms with Crippen LogP contribution in [0, 0.1) is 46.3 Å². The lowest BCUT2D eigenvalue weighted by Gasteiger charge is -2.58. The molecule has 0 heterocycles. The maximum absolute atomic E-state index is 12.1. The molecular formula is C30H49BrO2. The highest BCUT2D eigenvalue weighted by molar-refractivity contribution is 9.10. The van der Waals surface area contributed by atoms with Gasteiger partial charge in [0.1, 0.15) is 10.9 Å². The molecule has 3 fully saturated rings. The zero-order valence-electron chi connectivity index (χ0n) is 22.2. The number of esters is 1. The first-order chi connectivity index (χ1) is 15.6. The number of ether oxygens (including phenoxy) is 1. The summed E-state index contributed by atoms with van der Waals surface area (Å²) in [4.78, 5) is 11.9. The van der Waals surface area contributed by atoms with Gasteiger partial charge in [0, 0.05) is 6.42 Å². The van der Waals surface area contributed by atoms with Crippen molar-refractivity contribution in [2.24, 2.45) is 46.3 Å². The first-order valence-electron chi connectivity index (χ1n) is 14.1. The summed E-state index contributed by atoms with van der Waals surface area (Å²) in [5, 5.41) is 0. The van der Waals surface area contributed by atoms with E-state index in [1.165, 1.54) is 57.8 Å². The summed E-state index contributed by atoms with van der Waals surface area (Å²) in [6, 6.07) is 0. The Balaban J connectivity index is 1.45. The minimum atomic E-state index is -0.213. The molecule has 0 amide bonds. The normalized spacial score (nSPS) is 42.1. The summed E-state index contributed by atoms with van der Waals surface area (Å²) in [6.07, 6.45) is 17.1. The van der Waals surface area contributed by atoms with Crippen LogP contribution in [-0.4, -0.2) is 16.9 Å². The van der Waals surface area contributed by atoms with Gasteiger partial charge in [0.2, 0.25) is 0 Å². The largest absolute Gasteiger partial charge is 0.461 e. The Labute approximate surface area is 212 Å². The summed E-state index contributed by atoms with van der Waals surface area (Å²) in [7, 11) is 0. The minimum Gasteiger partial charge on any atom is -0.461 e. The molecule has 0 aliphatic heterocycles. The molecule has 0 bridgehead atoms. The lowest BCUT2D eigenvalue weighted by molar-refractivity contribution is -0.150. The molecule has 0 radical (unpaired) electrons. The Bertz CT molecular complexity index is 742. The predicted molar refractivity (Wildman–Crippen MR) is 141 cm³/mol. The van der Waals surface area contributed by atoms with E-state index in [4.69, 9.17) is 4.74 Å². The molecule has 9 atom stereocenters. The summed E-state index contributed by atoms with van der Waals surface area (Å²) >= 11 is 3.37. The van der Waals surface area contributed by atoms with Crippen LogP contribution in [0.3, 0.4) is 0 Å². The van der Waals surface area contributed by atoms with Crippen molar-refractivity contribution >= 4 is 21.9 Å². The summed E-state index contributed by atoms with van der Waals surface area (Å²) in [6.45, 7) is 14.4. The third kappa shape index (κ3) is 4.88. The predicted octanol–water partition coefficient (Wildman–Crippen LogP) is 8.72. The molecule has 3 heteroatoms. The van der Waals surface area contributed by atoms with Crippen LogP contribution in [0.5, 0.6) is 0 Å². The van der Waals surface area contributed by atoms with Gasteiger partial charge in [-0.05, 0) is 98.2 Å². The van der Waals surface area contributed by atoms with E-state index in [0.717, 1.165) is 48.3 Å². The van der Waals surface area contributed by atoms with Crippen LogP contribution in [0.1, 0.15) is 112 Å². The second-order valence-electron chi connectivity index (χ2n) is 13.2. The molecule has 0 aromatic carbocycles. The third-order valence-corrected chi connectivity index (χ3v) is 11.2. The number of alkyl halides is 1. The minimum absolute atomic E-state index is 0.0739. The second kappa shape index (κ2) is 9.98. The van der Waals surface area contributed by atoms with E-state index in [-0.39, 0.29) is 16.9 Å². The Morgan fingerprint density at radius 3 is 2.52 bits per heavy atom. The van der Waals surface area contributed by atoms with Crippen molar-refractivity contribution in [1.29, 1.82) is 0 Å². The van der Waals surface area contributed by atoms with E-state index in [2.05, 4.69) is 56.6 Å². The average Bonchev–Trinajstić information content (AvgIpc) is 3.11. The van der Waals surface area contributed by atoms with E-state index < -0.39 is 0 Å². The monoisotopic (exact) mass is 520 g/mol. The second-order valence-corrected chi connectivity index (χ2v) is 14.6. The molecule has 188 valence electrons. The lowest BCUT2D eigenvalue weighted by Crippen LogP contribution is -2.51. The van der Waals surface area contributed by atoms with Crippen molar-refractivity contribution in [2.75, 3.05) is 0 Å². The number of rotatable bonds is 7. The topological polar surface area (TPSA) is 26.3 Å². The van der Waals surface area contributed by atoms with Crippen LogP contribution in [0.15, 0.2) is 11.6 Å². The maximum atomic E-state index is 12.1. The number of hydrogen-bond donors (Lipinski definition) is 0. The zero-order valence-corrected chi connectivity index (χ0v) is 23.8. The van der Waals surface area contributed by atoms with Crippen LogP contribution >= 0.6 is 15.9 Å². The van der Waals surface area contributed by atoms with Crippen molar-refractivity contribution < 1.29 is 9.53 Å². The van der Waals surface area contributed by atoms with Gasteiger partial charge in [0.25, 0.3) is 0 Å². The van der Waals surface area contributed by atoms with Gasteiger partial charge in [-0.1, -0.05) is 81.5 Å². The highest BCUT2D eigenvalue weighted by atomic mass is 79.9. The Morgan fingerprint density at radius 2 is 1.82 bits per heavy atom. The number of allylic oxidation sites excluding steroid dienone is 1. The lowest BCUT2D eigenvalue weighted by atomic mass is 9.47. The molecule has 4 rings (SSSR count). The van der Waals surface area contributed by atoms with Crippen molar-refractivity contribution in [3.8, 4) is 0 Å². The van der Waals surface area contributed by atoms with E-state index in [0.29, 0.717) is 10.8 Å². The standard InChI is InChI=1S/C30H49BrO2/c1-19(2)8-7-9-20(3)25-12-13-26-24-11-10-22-18-23(33-28(32)21(4)31)14-16-29(22,5)27(24)15-17-30(25,26)6/h10,19-21,23-27H,7-9,11-18H2,1-6H3/t20-,21-,23+,24-,25-,26-,27-,29+,30-/m1/s1. The SMILES string of the molecule is CC(C)CCC[C@@H](C)[C@H]1CC[C@@H]2[C@H]3CC=C4C[C@@H](OC(=O)[C@@H](C)Br)CC[C@]4(C)[C@@H]3CC[C@@]21C. The smallest absolute Gasteiger partial charge is 0.319 e. The van der Waals surface area contributed by atoms with Gasteiger partial charge in [-0.3, -0.25) is 4.79 Å². The Hall–Kier alpha value is -0.310. The summed E-state index contributed by atoms with van der Waals surface area (Å²) < 4.78 is 5.83. The third-order valence-electron chi connectivity index (χ3n) is 10.9. The van der Waals surface area contributed by atoms with Gasteiger partial charge in [0.15, 0.2) is 0 Å². The van der Waals surface area contributed by atoms with Crippen molar-refractivity contribution in [2.45, 2.75) is 123 Å². The van der Waals surface area contributed by atoms with Crippen LogP contribution in [0.4, 0.5) is 0 Å². The molecule has 0 aromatic heterocycles. The highest BCUT2D eigenvalue weighted by Gasteiger charge is 2.59. The van der Waals surface area contributed by atoms with Crippen LogP contribution in [-0.2, 0) is 9.53 Å². The number of fused-ring (bicyclic) bond motifs is 5. The highest BCUT2D eigenvalue weighted by Crippen LogP contribution is 2.67. The fourth-order valence-electron chi connectivity index (χ4n) is 9.01. The summed E-state index contributed by atoms with van der Waals surface area (Å²) in [5.41, 5.74) is 2.49. The van der Waals surface area contributed by atoms with Gasteiger partial charge in [-0.25, -0.2) is 0 Å². The fourth-order valence-corrected chi connectivity index (χ4v) is 9.12. The van der Waals surface area contributed by atoms with Gasteiger partial charge in [0.05, 0.1) is 0 Å². The van der Waals surface area contributed by atoms with E-state index in [9.17, 15) is 4.79 Å². The number of hydrogen-bond acceptors (Lipinski definition) is 2. The van der Waals surface area contributed by atoms with Gasteiger partial charge >= 0.3 is 5.97 Å². The van der Waals surface area contributed by atoms with Gasteiger partial charge in [-0.2, -0.15) is 0 Å². The van der Waals surface area contributed by atoms with E-state index in [1.54, 1.807) is 5.57 Å². The quantitative estimate of drug-likeness (QED) is 0.190. The Morgan fingerprint density at radius 1 is 1.06 bits per heavy atom. The molecule has 3 saturated carbocycles. The molecule has 0 unspecified atom stereocenters. The molecule has 33 heavy (non-hydrogen) atoms. The molecule has 0 N–H and O–H groups in total. The van der Waals surface area contributed by atoms with Crippen molar-refractivity contribution in [3.05, 3.63) is 11.6 Å². The van der Waals surface area contributed by atoms with Crippen LogP contribution in [0.2, 0.25) is 0 Å². The maximum Gasteiger partial charge on any atom is 0.319 e. The molecule has 0 aromatic rings. The van der Waals surface area contributed by atoms with E-state index >= 15 is 0 Å². The molecular weight excluding hydrogens is 472 g/mol. The number of carbonyl (C=O) groups excluding carboxylic acids is 1. The molecule has 4 aliphatic carbocycles. The molecule has 0 spiro atoms. The van der Waals surface area contributed by atoms with Crippen LogP contribution in [0.25, 0.3) is 0 Å². The molecule has 0 saturated heterocycles. The van der Waals surface area contributed by atoms with Crippen LogP contribution < -0.4 is 0 Å². The van der Waals surface area contributed by atoms with Gasteiger partial charge in [-0.15, -0.1) is 0 Å². The number of halogens is 1. The van der Waals surface area contributed by atoms with Crippen molar-refractivity contribution in [3.63, 3.8) is 0 Å². The fraction of sp³-hybridized carbons (Fsp3) is 0.900. The van der Waals surface area contributed by atoms with Crippen molar-refractivity contribution in [1.82, 2.24) is 0 Å². The Kier molecular flexibility index (Phi) is 7.79. The average molecular weight is 522 g/mol. The van der Waals surface area contributed by atoms with E-state index in [1.807, 2.05) is 6.92 Å². The van der Waals surface area contributed by atoms with Gasteiger partial charge < -0.3 is 4.74 Å².